The molecule has 16 heavy (non-hydrogen) atoms. The molecule has 1 aliphatic heterocycles. The fraction of sp³-hybridized carbons (Fsp3) is 0.200. The molecule has 0 radical (unpaired) electrons. The van der Waals surface area contributed by atoms with Crippen molar-refractivity contribution in [3.05, 3.63) is 30.2 Å². The molecule has 1 aliphatic rings. The number of fused-ring (bicyclic) bond motifs is 1. The van der Waals surface area contributed by atoms with E-state index >= 15 is 0 Å². The van der Waals surface area contributed by atoms with Crippen LogP contribution in [0.2, 0.25) is 0 Å². The van der Waals surface area contributed by atoms with Crippen molar-refractivity contribution >= 4 is 0 Å². The lowest BCUT2D eigenvalue weighted by atomic mass is 10.2. The van der Waals surface area contributed by atoms with Crippen molar-refractivity contribution in [3.63, 3.8) is 0 Å². The van der Waals surface area contributed by atoms with Gasteiger partial charge in [-0.25, -0.2) is 0 Å². The first-order valence-electron chi connectivity index (χ1n) is 4.72. The van der Waals surface area contributed by atoms with Crippen molar-refractivity contribution in [1.29, 1.82) is 0 Å². The molecular formula is C10H8N2O4. The fourth-order valence-corrected chi connectivity index (χ4v) is 1.56. The number of ether oxygens (including phenoxy) is 2. The monoisotopic (exact) mass is 220 g/mol. The SMILES string of the molecule is [O-]c1n[n+](Cc2ccc3c(c2)OCO3)co1. The molecule has 3 rings (SSSR count). The third-order valence-electron chi connectivity index (χ3n) is 2.27. The lowest BCUT2D eigenvalue weighted by molar-refractivity contribution is -0.748. The van der Waals surface area contributed by atoms with E-state index in [0.717, 1.165) is 11.3 Å². The summed E-state index contributed by atoms with van der Waals surface area (Å²) in [6.07, 6.45) is 0.688. The van der Waals surface area contributed by atoms with Gasteiger partial charge in [0.1, 0.15) is 0 Å². The third-order valence-corrected chi connectivity index (χ3v) is 2.27. The van der Waals surface area contributed by atoms with E-state index in [1.807, 2.05) is 18.2 Å². The first kappa shape index (κ1) is 9.02. The number of nitrogens with zero attached hydrogens (tertiary/aromatic N) is 2. The smallest absolute Gasteiger partial charge is 0.251 e. The molecule has 82 valence electrons. The highest BCUT2D eigenvalue weighted by molar-refractivity contribution is 5.44. The van der Waals surface area contributed by atoms with Crippen LogP contribution in [0, 0.1) is 0 Å². The molecule has 0 aliphatic carbocycles. The quantitative estimate of drug-likeness (QED) is 0.656. The number of aromatic nitrogens is 2. The molecule has 6 nitrogen and oxygen atoms in total. The van der Waals surface area contributed by atoms with Crippen LogP contribution in [0.1, 0.15) is 5.56 Å². The van der Waals surface area contributed by atoms with Crippen molar-refractivity contribution in [2.24, 2.45) is 0 Å². The van der Waals surface area contributed by atoms with Crippen LogP contribution in [-0.4, -0.2) is 11.9 Å². The Balaban J connectivity index is 1.85. The van der Waals surface area contributed by atoms with Gasteiger partial charge < -0.3 is 19.0 Å². The van der Waals surface area contributed by atoms with Crippen LogP contribution in [0.3, 0.4) is 0 Å². The first-order valence-corrected chi connectivity index (χ1v) is 4.72. The molecule has 0 fully saturated rings. The molecule has 0 spiro atoms. The second kappa shape index (κ2) is 3.41. The van der Waals surface area contributed by atoms with Gasteiger partial charge in [-0.05, 0) is 18.2 Å². The molecule has 1 aromatic carbocycles. The molecule has 0 saturated heterocycles. The summed E-state index contributed by atoms with van der Waals surface area (Å²) in [6.45, 7) is 0.711. The van der Waals surface area contributed by atoms with E-state index in [9.17, 15) is 5.11 Å². The highest BCUT2D eigenvalue weighted by atomic mass is 16.7. The summed E-state index contributed by atoms with van der Waals surface area (Å²) in [4.78, 5) is 0. The molecule has 1 aromatic heterocycles. The van der Waals surface area contributed by atoms with Gasteiger partial charge in [0, 0.05) is 10.7 Å². The van der Waals surface area contributed by atoms with E-state index in [2.05, 4.69) is 9.52 Å². The van der Waals surface area contributed by atoms with E-state index < -0.39 is 6.08 Å². The Bertz CT molecular complexity index is 523. The Morgan fingerprint density at radius 2 is 2.19 bits per heavy atom. The molecule has 0 bridgehead atoms. The molecule has 6 heteroatoms. The minimum absolute atomic E-state index is 0.251. The molecule has 2 aromatic rings. The van der Waals surface area contributed by atoms with E-state index in [1.54, 1.807) is 0 Å². The van der Waals surface area contributed by atoms with Gasteiger partial charge >= 0.3 is 0 Å². The maximum absolute atomic E-state index is 10.7. The summed E-state index contributed by atoms with van der Waals surface area (Å²) in [5.74, 6) is 1.45. The van der Waals surface area contributed by atoms with Crippen LogP contribution in [0.25, 0.3) is 0 Å². The van der Waals surface area contributed by atoms with E-state index in [-0.39, 0.29) is 6.79 Å². The molecule has 0 amide bonds. The van der Waals surface area contributed by atoms with Crippen LogP contribution >= 0.6 is 0 Å². The number of hydrogen-bond acceptors (Lipinski definition) is 5. The van der Waals surface area contributed by atoms with Crippen molar-refractivity contribution in [3.8, 4) is 17.6 Å². The number of rotatable bonds is 2. The van der Waals surface area contributed by atoms with E-state index in [4.69, 9.17) is 9.47 Å². The molecule has 0 saturated carbocycles. The van der Waals surface area contributed by atoms with Crippen LogP contribution in [0.15, 0.2) is 29.0 Å². The van der Waals surface area contributed by atoms with Crippen LogP contribution in [0.5, 0.6) is 17.6 Å². The zero-order valence-corrected chi connectivity index (χ0v) is 8.25. The Morgan fingerprint density at radius 3 is 3.00 bits per heavy atom. The lowest BCUT2D eigenvalue weighted by Gasteiger charge is -1.97. The van der Waals surface area contributed by atoms with Crippen molar-refractivity contribution < 1.29 is 23.7 Å². The minimum atomic E-state index is -0.597. The van der Waals surface area contributed by atoms with Crippen LogP contribution in [-0.2, 0) is 6.54 Å². The summed E-state index contributed by atoms with van der Waals surface area (Å²) < 4.78 is 16.4. The maximum atomic E-state index is 10.7. The zero-order valence-electron chi connectivity index (χ0n) is 8.25. The van der Waals surface area contributed by atoms with Gasteiger partial charge in [-0.1, -0.05) is 4.68 Å². The Labute approximate surface area is 90.6 Å². The van der Waals surface area contributed by atoms with Gasteiger partial charge in [0.2, 0.25) is 19.4 Å². The van der Waals surface area contributed by atoms with Crippen LogP contribution < -0.4 is 19.3 Å². The van der Waals surface area contributed by atoms with E-state index in [0.29, 0.717) is 12.3 Å². The average Bonchev–Trinajstić information content (AvgIpc) is 2.87. The van der Waals surface area contributed by atoms with Crippen molar-refractivity contribution in [2.45, 2.75) is 6.54 Å². The second-order valence-corrected chi connectivity index (χ2v) is 3.37. The number of benzene rings is 1. The van der Waals surface area contributed by atoms with Crippen molar-refractivity contribution in [2.75, 3.05) is 6.79 Å². The Kier molecular flexibility index (Phi) is 1.92. The Hall–Kier alpha value is -2.24. The molecule has 0 unspecified atom stereocenters. The summed E-state index contributed by atoms with van der Waals surface area (Å²) in [5, 5.41) is 14.3. The van der Waals surface area contributed by atoms with Gasteiger partial charge in [-0.2, -0.15) is 0 Å². The summed E-state index contributed by atoms with van der Waals surface area (Å²) >= 11 is 0. The third kappa shape index (κ3) is 1.54. The number of hydrogen-bond donors (Lipinski definition) is 0. The van der Waals surface area contributed by atoms with Crippen molar-refractivity contribution in [1.82, 2.24) is 5.10 Å². The van der Waals surface area contributed by atoms with Gasteiger partial charge in [-0.15, -0.1) is 0 Å². The average molecular weight is 220 g/mol. The van der Waals surface area contributed by atoms with E-state index in [1.165, 1.54) is 11.1 Å². The van der Waals surface area contributed by atoms with Gasteiger partial charge in [0.05, 0.1) is 0 Å². The van der Waals surface area contributed by atoms with Crippen LogP contribution in [0.4, 0.5) is 0 Å². The predicted molar refractivity (Wildman–Crippen MR) is 47.8 cm³/mol. The van der Waals surface area contributed by atoms with Gasteiger partial charge in [0.15, 0.2) is 11.5 Å². The molecule has 0 N–H and O–H groups in total. The topological polar surface area (TPSA) is 71.4 Å². The first-order chi connectivity index (χ1) is 7.81. The molecule has 2 heterocycles. The molecular weight excluding hydrogens is 212 g/mol. The summed E-state index contributed by atoms with van der Waals surface area (Å²) in [7, 11) is 0. The second-order valence-electron chi connectivity index (χ2n) is 3.37. The zero-order chi connectivity index (χ0) is 11.0. The standard InChI is InChI=1S/C10H8N2O4/c13-10-11-12(5-14-10)4-7-1-2-8-9(3-7)16-6-15-8/h1-3,5H,4,6H2. The highest BCUT2D eigenvalue weighted by Crippen LogP contribution is 2.32. The molecule has 0 atom stereocenters. The lowest BCUT2D eigenvalue weighted by Crippen LogP contribution is -2.35. The highest BCUT2D eigenvalue weighted by Gasteiger charge is 2.15. The predicted octanol–water partition coefficient (Wildman–Crippen LogP) is -0.187. The fourth-order valence-electron chi connectivity index (χ4n) is 1.56. The maximum Gasteiger partial charge on any atom is 0.251 e. The van der Waals surface area contributed by atoms with Gasteiger partial charge in [0.25, 0.3) is 6.39 Å². The van der Waals surface area contributed by atoms with Gasteiger partial charge in [-0.3, -0.25) is 0 Å². The summed E-state index contributed by atoms with van der Waals surface area (Å²) in [6, 6.07) is 5.57. The Morgan fingerprint density at radius 1 is 1.31 bits per heavy atom. The minimum Gasteiger partial charge on any atom is -0.524 e. The normalized spacial score (nSPS) is 13.0. The largest absolute Gasteiger partial charge is 0.524 e. The summed E-state index contributed by atoms with van der Waals surface area (Å²) in [5.41, 5.74) is 0.961.